The highest BCUT2D eigenvalue weighted by Gasteiger charge is 2.16. The molecule has 2 aromatic heterocycles. The lowest BCUT2D eigenvalue weighted by molar-refractivity contribution is -0.111. The number of amides is 1. The Bertz CT molecular complexity index is 1460. The van der Waals surface area contributed by atoms with E-state index in [9.17, 15) is 4.79 Å². The summed E-state index contributed by atoms with van der Waals surface area (Å²) in [5.41, 5.74) is 3.42. The summed E-state index contributed by atoms with van der Waals surface area (Å²) >= 11 is 8.71. The van der Waals surface area contributed by atoms with E-state index in [1.807, 2.05) is 78.9 Å². The van der Waals surface area contributed by atoms with Crippen LogP contribution in [-0.2, 0) is 4.79 Å². The number of rotatable bonds is 5. The van der Waals surface area contributed by atoms with Crippen LogP contribution in [0.5, 0.6) is 0 Å². The molecule has 0 aliphatic heterocycles. The minimum absolute atomic E-state index is 0.266. The maximum atomic E-state index is 12.8. The molecule has 33 heavy (non-hydrogen) atoms. The molecule has 0 aliphatic carbocycles. The van der Waals surface area contributed by atoms with Crippen molar-refractivity contribution in [1.29, 1.82) is 0 Å². The third-order valence-corrected chi connectivity index (χ3v) is 7.06. The summed E-state index contributed by atoms with van der Waals surface area (Å²) in [7, 11) is 0. The van der Waals surface area contributed by atoms with Crippen LogP contribution < -0.4 is 5.32 Å². The summed E-state index contributed by atoms with van der Waals surface area (Å²) in [5, 5.41) is 3.82. The van der Waals surface area contributed by atoms with Gasteiger partial charge in [0.05, 0.1) is 15.9 Å². The highest BCUT2D eigenvalue weighted by atomic mass is 79.9. The number of halogens is 2. The minimum atomic E-state index is -0.266. The standard InChI is InChI=1S/C26H16Br2N2O2S/c27-17-14-19(26-29-21-8-4-5-9-23(21)33-26)25(20(28)15-17)30-24(31)13-11-18-10-12-22(32-18)16-6-2-1-3-7-16/h1-15H,(H,30,31)/b13-11+. The average molecular weight is 580 g/mol. The number of nitrogens with zero attached hydrogens (tertiary/aromatic N) is 1. The van der Waals surface area contributed by atoms with E-state index in [-0.39, 0.29) is 5.91 Å². The Kier molecular flexibility index (Phi) is 6.26. The number of carbonyl (C=O) groups excluding carboxylic acids is 1. The second-order valence-corrected chi connectivity index (χ2v) is 9.99. The molecule has 0 saturated carbocycles. The number of hydrogen-bond acceptors (Lipinski definition) is 4. The summed E-state index contributed by atoms with van der Waals surface area (Å²) < 4.78 is 8.59. The Morgan fingerprint density at radius 3 is 2.58 bits per heavy atom. The van der Waals surface area contributed by atoms with Crippen molar-refractivity contribution in [1.82, 2.24) is 4.98 Å². The lowest BCUT2D eigenvalue weighted by Crippen LogP contribution is -2.09. The molecule has 0 bridgehead atoms. The fourth-order valence-electron chi connectivity index (χ4n) is 3.38. The Balaban J connectivity index is 1.40. The fraction of sp³-hybridized carbons (Fsp3) is 0. The van der Waals surface area contributed by atoms with Crippen molar-refractivity contribution in [2.75, 3.05) is 5.32 Å². The van der Waals surface area contributed by atoms with Gasteiger partial charge < -0.3 is 9.73 Å². The molecule has 0 fully saturated rings. The maximum absolute atomic E-state index is 12.8. The highest BCUT2D eigenvalue weighted by molar-refractivity contribution is 9.11. The van der Waals surface area contributed by atoms with Gasteiger partial charge in [-0.3, -0.25) is 4.79 Å². The zero-order valence-corrected chi connectivity index (χ0v) is 21.1. The number of carbonyl (C=O) groups is 1. The molecule has 0 unspecified atom stereocenters. The lowest BCUT2D eigenvalue weighted by Gasteiger charge is -2.11. The van der Waals surface area contributed by atoms with Gasteiger partial charge in [0.25, 0.3) is 0 Å². The predicted molar refractivity (Wildman–Crippen MR) is 142 cm³/mol. The van der Waals surface area contributed by atoms with Crippen molar-refractivity contribution in [2.45, 2.75) is 0 Å². The van der Waals surface area contributed by atoms with E-state index in [1.54, 1.807) is 17.4 Å². The molecule has 0 aliphatic rings. The van der Waals surface area contributed by atoms with Gasteiger partial charge in [-0.2, -0.15) is 0 Å². The number of para-hydroxylation sites is 1. The van der Waals surface area contributed by atoms with Crippen molar-refractivity contribution in [3.05, 3.63) is 99.6 Å². The van der Waals surface area contributed by atoms with Crippen LogP contribution in [0.15, 0.2) is 98.3 Å². The van der Waals surface area contributed by atoms with Gasteiger partial charge in [0, 0.05) is 26.1 Å². The number of aromatic nitrogens is 1. The van der Waals surface area contributed by atoms with E-state index in [0.717, 1.165) is 41.1 Å². The molecule has 0 spiro atoms. The highest BCUT2D eigenvalue weighted by Crippen LogP contribution is 2.40. The van der Waals surface area contributed by atoms with Crippen LogP contribution in [0.1, 0.15) is 5.76 Å². The Morgan fingerprint density at radius 2 is 1.76 bits per heavy atom. The SMILES string of the molecule is O=C(/C=C/c1ccc(-c2ccccc2)o1)Nc1c(Br)cc(Br)cc1-c1nc2ccccc2s1. The molecule has 0 saturated heterocycles. The van der Waals surface area contributed by atoms with Crippen LogP contribution in [0.2, 0.25) is 0 Å². The molecule has 1 amide bonds. The van der Waals surface area contributed by atoms with Crippen LogP contribution in [0.4, 0.5) is 5.69 Å². The normalized spacial score (nSPS) is 11.3. The summed E-state index contributed by atoms with van der Waals surface area (Å²) in [5.74, 6) is 1.09. The van der Waals surface area contributed by atoms with Gasteiger partial charge in [-0.25, -0.2) is 4.98 Å². The topological polar surface area (TPSA) is 55.1 Å². The first kappa shape index (κ1) is 21.8. The first-order valence-corrected chi connectivity index (χ1v) is 12.5. The van der Waals surface area contributed by atoms with Crippen LogP contribution in [0.3, 0.4) is 0 Å². The lowest BCUT2D eigenvalue weighted by atomic mass is 10.2. The smallest absolute Gasteiger partial charge is 0.248 e. The van der Waals surface area contributed by atoms with Gasteiger partial charge in [0.15, 0.2) is 0 Å². The van der Waals surface area contributed by atoms with E-state index in [1.165, 1.54) is 6.08 Å². The van der Waals surface area contributed by atoms with Gasteiger partial charge in [0.1, 0.15) is 16.5 Å². The van der Waals surface area contributed by atoms with E-state index in [4.69, 9.17) is 9.40 Å². The molecule has 2 heterocycles. The van der Waals surface area contributed by atoms with E-state index < -0.39 is 0 Å². The minimum Gasteiger partial charge on any atom is -0.457 e. The molecule has 0 radical (unpaired) electrons. The third-order valence-electron chi connectivity index (χ3n) is 4.91. The Labute approximate surface area is 211 Å². The monoisotopic (exact) mass is 578 g/mol. The van der Waals surface area contributed by atoms with Gasteiger partial charge in [-0.1, -0.05) is 58.4 Å². The summed E-state index contributed by atoms with van der Waals surface area (Å²) in [4.78, 5) is 17.5. The summed E-state index contributed by atoms with van der Waals surface area (Å²) in [6.45, 7) is 0. The first-order valence-electron chi connectivity index (χ1n) is 10.1. The Morgan fingerprint density at radius 1 is 0.970 bits per heavy atom. The molecule has 7 heteroatoms. The molecule has 5 rings (SSSR count). The molecule has 4 nitrogen and oxygen atoms in total. The number of fused-ring (bicyclic) bond motifs is 1. The second kappa shape index (κ2) is 9.47. The number of thiazole rings is 1. The molecular formula is C26H16Br2N2O2S. The van der Waals surface area contributed by atoms with Crippen molar-refractivity contribution in [2.24, 2.45) is 0 Å². The molecule has 162 valence electrons. The number of furan rings is 1. The molecule has 3 aromatic carbocycles. The largest absolute Gasteiger partial charge is 0.457 e. The quantitative estimate of drug-likeness (QED) is 0.213. The van der Waals surface area contributed by atoms with E-state index in [2.05, 4.69) is 37.2 Å². The van der Waals surface area contributed by atoms with Crippen LogP contribution >= 0.6 is 43.2 Å². The number of anilines is 1. The zero-order valence-electron chi connectivity index (χ0n) is 17.1. The predicted octanol–water partition coefficient (Wildman–Crippen LogP) is 8.40. The maximum Gasteiger partial charge on any atom is 0.248 e. The van der Waals surface area contributed by atoms with E-state index in [0.29, 0.717) is 11.4 Å². The second-order valence-electron chi connectivity index (χ2n) is 7.19. The molecule has 5 aromatic rings. The fourth-order valence-corrected chi connectivity index (χ4v) is 5.69. The number of benzene rings is 3. The third kappa shape index (κ3) is 4.85. The van der Waals surface area contributed by atoms with Gasteiger partial charge in [-0.15, -0.1) is 11.3 Å². The van der Waals surface area contributed by atoms with Crippen LogP contribution in [0.25, 0.3) is 38.2 Å². The van der Waals surface area contributed by atoms with Crippen molar-refractivity contribution in [3.8, 4) is 21.9 Å². The zero-order chi connectivity index (χ0) is 22.8. The van der Waals surface area contributed by atoms with Gasteiger partial charge in [0.2, 0.25) is 5.91 Å². The molecule has 1 N–H and O–H groups in total. The first-order chi connectivity index (χ1) is 16.1. The number of hydrogen-bond donors (Lipinski definition) is 1. The Hall–Kier alpha value is -3.00. The van der Waals surface area contributed by atoms with Gasteiger partial charge >= 0.3 is 0 Å². The van der Waals surface area contributed by atoms with Crippen molar-refractivity contribution < 1.29 is 9.21 Å². The molecule has 0 atom stereocenters. The van der Waals surface area contributed by atoms with Crippen LogP contribution in [-0.4, -0.2) is 10.9 Å². The molecular weight excluding hydrogens is 564 g/mol. The summed E-state index contributed by atoms with van der Waals surface area (Å²) in [6, 6.07) is 25.4. The van der Waals surface area contributed by atoms with Crippen molar-refractivity contribution in [3.63, 3.8) is 0 Å². The summed E-state index contributed by atoms with van der Waals surface area (Å²) in [6.07, 6.45) is 3.12. The van der Waals surface area contributed by atoms with Crippen LogP contribution in [0, 0.1) is 0 Å². The van der Waals surface area contributed by atoms with Crippen molar-refractivity contribution >= 4 is 71.1 Å². The average Bonchev–Trinajstić information content (AvgIpc) is 3.47. The number of nitrogens with one attached hydrogen (secondary N) is 1. The van der Waals surface area contributed by atoms with Gasteiger partial charge in [-0.05, 0) is 58.4 Å². The van der Waals surface area contributed by atoms with E-state index >= 15 is 0 Å².